The van der Waals surface area contributed by atoms with E-state index in [2.05, 4.69) is 24.3 Å². The zero-order valence-corrected chi connectivity index (χ0v) is 16.8. The summed E-state index contributed by atoms with van der Waals surface area (Å²) < 4.78 is 5.30. The molecular formula is C26H21NO3. The molecule has 3 aliphatic carbocycles. The first-order valence-corrected chi connectivity index (χ1v) is 10.3. The lowest BCUT2D eigenvalue weighted by atomic mass is 9.55. The molecule has 148 valence electrons. The van der Waals surface area contributed by atoms with Gasteiger partial charge in [0.15, 0.2) is 0 Å². The molecule has 0 radical (unpaired) electrons. The van der Waals surface area contributed by atoms with Crippen molar-refractivity contribution >= 4 is 17.5 Å². The van der Waals surface area contributed by atoms with Crippen molar-refractivity contribution in [3.63, 3.8) is 0 Å². The fraction of sp³-hybridized carbons (Fsp3) is 0.231. The van der Waals surface area contributed by atoms with Gasteiger partial charge in [-0.25, -0.2) is 4.90 Å². The molecule has 1 saturated heterocycles. The van der Waals surface area contributed by atoms with Crippen molar-refractivity contribution in [2.24, 2.45) is 11.8 Å². The monoisotopic (exact) mass is 395 g/mol. The van der Waals surface area contributed by atoms with Crippen LogP contribution in [0.4, 0.5) is 5.69 Å². The molecule has 1 heterocycles. The van der Waals surface area contributed by atoms with Gasteiger partial charge in [0.2, 0.25) is 11.8 Å². The van der Waals surface area contributed by atoms with Crippen molar-refractivity contribution in [2.45, 2.75) is 18.8 Å². The van der Waals surface area contributed by atoms with Gasteiger partial charge in [-0.1, -0.05) is 48.5 Å². The van der Waals surface area contributed by atoms with E-state index in [1.165, 1.54) is 27.2 Å². The van der Waals surface area contributed by atoms with Crippen LogP contribution < -0.4 is 9.64 Å². The van der Waals surface area contributed by atoms with E-state index in [4.69, 9.17) is 4.74 Å². The molecular weight excluding hydrogens is 374 g/mol. The summed E-state index contributed by atoms with van der Waals surface area (Å²) in [4.78, 5) is 28.9. The molecule has 4 heteroatoms. The summed E-state index contributed by atoms with van der Waals surface area (Å²) in [6.07, 6.45) is 0. The van der Waals surface area contributed by atoms with E-state index in [9.17, 15) is 9.59 Å². The largest absolute Gasteiger partial charge is 0.497 e. The number of benzene rings is 3. The van der Waals surface area contributed by atoms with Gasteiger partial charge in [-0.15, -0.1) is 0 Å². The lowest BCUT2D eigenvalue weighted by Crippen LogP contribution is -2.41. The molecule has 1 fully saturated rings. The molecule has 1 aliphatic heterocycles. The van der Waals surface area contributed by atoms with Gasteiger partial charge >= 0.3 is 0 Å². The van der Waals surface area contributed by atoms with Gasteiger partial charge in [-0.3, -0.25) is 9.59 Å². The fourth-order valence-electron chi connectivity index (χ4n) is 5.92. The third kappa shape index (κ3) is 2.06. The first-order valence-electron chi connectivity index (χ1n) is 10.3. The van der Waals surface area contributed by atoms with Crippen molar-refractivity contribution in [3.05, 3.63) is 94.5 Å². The Labute approximate surface area is 175 Å². The Morgan fingerprint density at radius 1 is 0.733 bits per heavy atom. The number of carbonyl (C=O) groups is 2. The van der Waals surface area contributed by atoms with Crippen LogP contribution in [0.25, 0.3) is 0 Å². The van der Waals surface area contributed by atoms with E-state index >= 15 is 0 Å². The summed E-state index contributed by atoms with van der Waals surface area (Å²) in [7, 11) is 1.61. The Hall–Kier alpha value is -3.40. The number of nitrogens with zero attached hydrogens (tertiary/aromatic N) is 1. The minimum Gasteiger partial charge on any atom is -0.497 e. The fourth-order valence-corrected chi connectivity index (χ4v) is 5.92. The molecule has 30 heavy (non-hydrogen) atoms. The van der Waals surface area contributed by atoms with E-state index in [0.29, 0.717) is 11.4 Å². The van der Waals surface area contributed by atoms with E-state index < -0.39 is 0 Å². The number of rotatable bonds is 2. The van der Waals surface area contributed by atoms with Crippen molar-refractivity contribution in [1.29, 1.82) is 0 Å². The molecule has 0 saturated carbocycles. The number of hydrogen-bond acceptors (Lipinski definition) is 3. The van der Waals surface area contributed by atoms with Crippen LogP contribution in [0.3, 0.4) is 0 Å². The van der Waals surface area contributed by atoms with Crippen molar-refractivity contribution in [1.82, 2.24) is 0 Å². The molecule has 3 aromatic carbocycles. The molecule has 0 aromatic heterocycles. The maximum absolute atomic E-state index is 13.7. The number of carbonyl (C=O) groups excluding carboxylic acids is 2. The number of ether oxygens (including phenoxy) is 1. The number of amides is 2. The standard InChI is InChI=1S/C26H21NO3/c1-14-13-15(30-2)11-12-20(14)27-25(28)23-21-16-7-3-4-8-17(16)22(24(23)26(27)29)19-10-6-5-9-18(19)21/h3-13,21-24H,1-2H3. The van der Waals surface area contributed by atoms with Gasteiger partial charge in [0.25, 0.3) is 0 Å². The van der Waals surface area contributed by atoms with Crippen LogP contribution in [0.15, 0.2) is 66.7 Å². The molecule has 3 aromatic rings. The van der Waals surface area contributed by atoms with Gasteiger partial charge < -0.3 is 4.74 Å². The summed E-state index contributed by atoms with van der Waals surface area (Å²) in [6, 6.07) is 22.1. The highest BCUT2D eigenvalue weighted by Gasteiger charge is 2.61. The lowest BCUT2D eigenvalue weighted by Gasteiger charge is -2.45. The summed E-state index contributed by atoms with van der Waals surface area (Å²) in [5.74, 6) is -0.315. The average molecular weight is 395 g/mol. The number of hydrogen-bond donors (Lipinski definition) is 0. The van der Waals surface area contributed by atoms with Crippen LogP contribution in [0.2, 0.25) is 0 Å². The Bertz CT molecular complexity index is 1110. The zero-order valence-electron chi connectivity index (χ0n) is 16.8. The third-order valence-electron chi connectivity index (χ3n) is 7.09. The van der Waals surface area contributed by atoms with Crippen LogP contribution in [0, 0.1) is 18.8 Å². The summed E-state index contributed by atoms with van der Waals surface area (Å²) in [5.41, 5.74) is 6.28. The maximum atomic E-state index is 13.7. The minimum atomic E-state index is -0.353. The minimum absolute atomic E-state index is 0.0765. The smallest absolute Gasteiger partial charge is 0.238 e. The van der Waals surface area contributed by atoms with Gasteiger partial charge in [0.1, 0.15) is 5.75 Å². The van der Waals surface area contributed by atoms with E-state index in [-0.39, 0.29) is 35.5 Å². The van der Waals surface area contributed by atoms with Gasteiger partial charge in [-0.2, -0.15) is 0 Å². The highest BCUT2D eigenvalue weighted by molar-refractivity contribution is 6.23. The Balaban J connectivity index is 1.54. The predicted molar refractivity (Wildman–Crippen MR) is 114 cm³/mol. The van der Waals surface area contributed by atoms with Crippen LogP contribution in [0.5, 0.6) is 5.75 Å². The molecule has 0 N–H and O–H groups in total. The first-order chi connectivity index (χ1) is 14.6. The van der Waals surface area contributed by atoms with Gasteiger partial charge in [0, 0.05) is 11.8 Å². The molecule has 2 amide bonds. The topological polar surface area (TPSA) is 46.6 Å². The second-order valence-electron chi connectivity index (χ2n) is 8.43. The molecule has 2 unspecified atom stereocenters. The van der Waals surface area contributed by atoms with Crippen molar-refractivity contribution < 1.29 is 14.3 Å². The first kappa shape index (κ1) is 17.5. The number of anilines is 1. The van der Waals surface area contributed by atoms with Gasteiger partial charge in [0.05, 0.1) is 24.6 Å². The Morgan fingerprint density at radius 3 is 1.60 bits per heavy atom. The lowest BCUT2D eigenvalue weighted by molar-refractivity contribution is -0.122. The van der Waals surface area contributed by atoms with Crippen LogP contribution in [-0.2, 0) is 9.59 Å². The van der Waals surface area contributed by atoms with Crippen molar-refractivity contribution in [2.75, 3.05) is 12.0 Å². The molecule has 0 spiro atoms. The maximum Gasteiger partial charge on any atom is 0.238 e. The second kappa shape index (κ2) is 6.05. The molecule has 2 atom stereocenters. The second-order valence-corrected chi connectivity index (χ2v) is 8.43. The van der Waals surface area contributed by atoms with Crippen molar-refractivity contribution in [3.8, 4) is 5.75 Å². The van der Waals surface area contributed by atoms with Crippen LogP contribution in [0.1, 0.15) is 39.7 Å². The Kier molecular flexibility index (Phi) is 3.52. The molecule has 2 bridgehead atoms. The van der Waals surface area contributed by atoms with Crippen LogP contribution in [-0.4, -0.2) is 18.9 Å². The number of aryl methyl sites for hydroxylation is 1. The predicted octanol–water partition coefficient (Wildman–Crippen LogP) is 4.40. The number of imide groups is 1. The zero-order chi connectivity index (χ0) is 20.6. The third-order valence-corrected chi connectivity index (χ3v) is 7.09. The van der Waals surface area contributed by atoms with Gasteiger partial charge in [-0.05, 0) is 52.9 Å². The highest BCUT2D eigenvalue weighted by Crippen LogP contribution is 2.61. The van der Waals surface area contributed by atoms with E-state index in [1.807, 2.05) is 49.4 Å². The molecule has 4 aliphatic rings. The van der Waals surface area contributed by atoms with E-state index in [0.717, 1.165) is 5.56 Å². The normalized spacial score (nSPS) is 25.7. The average Bonchev–Trinajstić information content (AvgIpc) is 3.04. The quantitative estimate of drug-likeness (QED) is 0.604. The Morgan fingerprint density at radius 2 is 1.20 bits per heavy atom. The SMILES string of the molecule is COc1ccc(N2C(=O)C3C4c5ccccc5C(c5ccccc54)C3C2=O)c(C)c1. The molecule has 4 nitrogen and oxygen atoms in total. The molecule has 7 rings (SSSR count). The highest BCUT2D eigenvalue weighted by atomic mass is 16.5. The summed E-state index contributed by atoms with van der Waals surface area (Å²) in [6.45, 7) is 1.92. The number of methoxy groups -OCH3 is 1. The van der Waals surface area contributed by atoms with Crippen LogP contribution >= 0.6 is 0 Å². The van der Waals surface area contributed by atoms with E-state index in [1.54, 1.807) is 7.11 Å². The summed E-state index contributed by atoms with van der Waals surface area (Å²) in [5, 5.41) is 0. The summed E-state index contributed by atoms with van der Waals surface area (Å²) >= 11 is 0.